The molecule has 3 aromatic carbocycles. The van der Waals surface area contributed by atoms with Gasteiger partial charge in [0.2, 0.25) is 0 Å². The van der Waals surface area contributed by atoms with Crippen LogP contribution in [0.5, 0.6) is 5.75 Å². The van der Waals surface area contributed by atoms with Crippen LogP contribution in [0.25, 0.3) is 16.0 Å². The molecule has 1 saturated heterocycles. The number of nitrogens with zero attached hydrogens (tertiary/aromatic N) is 2. The molecule has 6 nitrogen and oxygen atoms in total. The van der Waals surface area contributed by atoms with Crippen LogP contribution in [0.1, 0.15) is 60.0 Å². The second-order valence-corrected chi connectivity index (χ2v) is 11.1. The van der Waals surface area contributed by atoms with E-state index in [0.29, 0.717) is 28.6 Å². The molecule has 1 aliphatic heterocycles. The first-order valence-electron chi connectivity index (χ1n) is 13.3. The van der Waals surface area contributed by atoms with Crippen molar-refractivity contribution >= 4 is 44.1 Å². The summed E-state index contributed by atoms with van der Waals surface area (Å²) in [4.78, 5) is 33.4. The van der Waals surface area contributed by atoms with Crippen molar-refractivity contribution in [2.24, 2.45) is 0 Å². The van der Waals surface area contributed by atoms with E-state index in [0.717, 1.165) is 46.2 Å². The highest BCUT2D eigenvalue weighted by Crippen LogP contribution is 2.45. The van der Waals surface area contributed by atoms with Crippen LogP contribution in [0.3, 0.4) is 0 Å². The number of aliphatic hydroxyl groups is 1. The van der Waals surface area contributed by atoms with Gasteiger partial charge in [0.05, 0.1) is 28.4 Å². The number of benzene rings is 3. The Morgan fingerprint density at radius 3 is 2.51 bits per heavy atom. The van der Waals surface area contributed by atoms with Gasteiger partial charge in [0.1, 0.15) is 11.5 Å². The van der Waals surface area contributed by atoms with Crippen LogP contribution in [0, 0.1) is 20.8 Å². The van der Waals surface area contributed by atoms with Gasteiger partial charge in [0, 0.05) is 5.56 Å². The standard InChI is InChI=1S/C32H32N2O4S/c1-5-6-7-15-38-24-10-8-9-23(18-24)28-26(29(35)22-13-11-19(2)12-14-22)30(36)31(37)34(28)32-33-27-21(4)16-20(3)17-25(27)39-32/h8-14,16-18,28,35H,5-7,15H2,1-4H3. The molecule has 4 aromatic rings. The normalized spacial score (nSPS) is 16.8. The number of fused-ring (bicyclic) bond motifs is 1. The zero-order chi connectivity index (χ0) is 27.7. The summed E-state index contributed by atoms with van der Waals surface area (Å²) in [5.41, 5.74) is 5.11. The Morgan fingerprint density at radius 1 is 1.00 bits per heavy atom. The Hall–Kier alpha value is -3.97. The van der Waals surface area contributed by atoms with Gasteiger partial charge in [-0.1, -0.05) is 79.1 Å². The maximum Gasteiger partial charge on any atom is 0.301 e. The SMILES string of the molecule is CCCCCOc1cccc(C2C(=C(O)c3ccc(C)cc3)C(=O)C(=O)N2c2nc3c(C)cc(C)cc3s2)c1. The maximum absolute atomic E-state index is 13.6. The number of anilines is 1. The van der Waals surface area contributed by atoms with E-state index in [4.69, 9.17) is 9.72 Å². The van der Waals surface area contributed by atoms with Crippen molar-refractivity contribution in [3.63, 3.8) is 0 Å². The van der Waals surface area contributed by atoms with Crippen LogP contribution in [-0.4, -0.2) is 28.4 Å². The number of ether oxygens (including phenoxy) is 1. The predicted molar refractivity (Wildman–Crippen MR) is 157 cm³/mol. The number of amides is 1. The van der Waals surface area contributed by atoms with Crippen molar-refractivity contribution < 1.29 is 19.4 Å². The number of Topliss-reactive ketones (excluding diaryl/α,β-unsaturated/α-hetero) is 1. The Bertz CT molecular complexity index is 1590. The lowest BCUT2D eigenvalue weighted by molar-refractivity contribution is -0.132. The van der Waals surface area contributed by atoms with Gasteiger partial charge in [-0.25, -0.2) is 4.98 Å². The molecule has 200 valence electrons. The molecule has 1 amide bonds. The lowest BCUT2D eigenvalue weighted by atomic mass is 9.95. The van der Waals surface area contributed by atoms with E-state index < -0.39 is 17.7 Å². The smallest absolute Gasteiger partial charge is 0.301 e. The fraction of sp³-hybridized carbons (Fsp3) is 0.281. The van der Waals surface area contributed by atoms with Crippen molar-refractivity contribution in [3.8, 4) is 5.75 Å². The third-order valence-electron chi connectivity index (χ3n) is 6.98. The van der Waals surface area contributed by atoms with E-state index in [9.17, 15) is 14.7 Å². The van der Waals surface area contributed by atoms with Crippen LogP contribution in [0.4, 0.5) is 5.13 Å². The van der Waals surface area contributed by atoms with Crippen LogP contribution in [-0.2, 0) is 9.59 Å². The van der Waals surface area contributed by atoms with Gasteiger partial charge in [-0.2, -0.15) is 0 Å². The molecular weight excluding hydrogens is 508 g/mol. The minimum Gasteiger partial charge on any atom is -0.507 e. The number of unbranched alkanes of at least 4 members (excludes halogenated alkanes) is 2. The van der Waals surface area contributed by atoms with E-state index in [2.05, 4.69) is 6.92 Å². The third kappa shape index (κ3) is 5.19. The minimum absolute atomic E-state index is 0.0409. The Balaban J connectivity index is 1.66. The van der Waals surface area contributed by atoms with E-state index in [1.54, 1.807) is 12.1 Å². The molecule has 39 heavy (non-hydrogen) atoms. The topological polar surface area (TPSA) is 79.7 Å². The van der Waals surface area contributed by atoms with Gasteiger partial charge in [0.15, 0.2) is 5.13 Å². The Morgan fingerprint density at radius 2 is 1.77 bits per heavy atom. The first kappa shape index (κ1) is 26.6. The van der Waals surface area contributed by atoms with Crippen molar-refractivity contribution in [1.82, 2.24) is 4.98 Å². The number of hydrogen-bond donors (Lipinski definition) is 1. The molecule has 1 N–H and O–H groups in total. The van der Waals surface area contributed by atoms with Crippen molar-refractivity contribution in [3.05, 3.63) is 94.1 Å². The van der Waals surface area contributed by atoms with E-state index in [-0.39, 0.29) is 11.3 Å². The fourth-order valence-corrected chi connectivity index (χ4v) is 6.16. The summed E-state index contributed by atoms with van der Waals surface area (Å²) < 4.78 is 6.93. The number of aliphatic hydroxyl groups excluding tert-OH is 1. The van der Waals surface area contributed by atoms with Gasteiger partial charge in [-0.05, 0) is 62.1 Å². The van der Waals surface area contributed by atoms with Gasteiger partial charge < -0.3 is 9.84 Å². The highest BCUT2D eigenvalue weighted by molar-refractivity contribution is 7.22. The van der Waals surface area contributed by atoms with Crippen LogP contribution in [0.2, 0.25) is 0 Å². The largest absolute Gasteiger partial charge is 0.507 e. The van der Waals surface area contributed by atoms with Crippen molar-refractivity contribution in [2.75, 3.05) is 11.5 Å². The van der Waals surface area contributed by atoms with E-state index in [1.807, 2.05) is 69.3 Å². The van der Waals surface area contributed by atoms with Crippen molar-refractivity contribution in [1.29, 1.82) is 0 Å². The summed E-state index contributed by atoms with van der Waals surface area (Å²) in [6, 6.07) is 17.9. The maximum atomic E-state index is 13.6. The second-order valence-electron chi connectivity index (χ2n) is 10.1. The molecule has 1 fully saturated rings. The molecule has 0 aliphatic carbocycles. The zero-order valence-corrected chi connectivity index (χ0v) is 23.5. The summed E-state index contributed by atoms with van der Waals surface area (Å²) in [5.74, 6) is -1.00. The fourth-order valence-electron chi connectivity index (χ4n) is 4.99. The molecular formula is C32H32N2O4S. The van der Waals surface area contributed by atoms with Gasteiger partial charge in [0.25, 0.3) is 5.78 Å². The second kappa shape index (κ2) is 11.0. The molecule has 0 bridgehead atoms. The number of aromatic nitrogens is 1. The number of rotatable bonds is 8. The Kier molecular flexibility index (Phi) is 7.53. The van der Waals surface area contributed by atoms with Gasteiger partial charge >= 0.3 is 5.91 Å². The summed E-state index contributed by atoms with van der Waals surface area (Å²) in [5, 5.41) is 11.8. The van der Waals surface area contributed by atoms with Crippen LogP contribution in [0.15, 0.2) is 66.2 Å². The number of carbonyl (C=O) groups excluding carboxylic acids is 2. The quantitative estimate of drug-likeness (QED) is 0.109. The molecule has 2 heterocycles. The molecule has 7 heteroatoms. The minimum atomic E-state index is -0.854. The average Bonchev–Trinajstić information content (AvgIpc) is 3.45. The zero-order valence-electron chi connectivity index (χ0n) is 22.7. The lowest BCUT2D eigenvalue weighted by Crippen LogP contribution is -2.29. The Labute approximate surface area is 232 Å². The number of hydrogen-bond acceptors (Lipinski definition) is 6. The number of ketones is 1. The highest BCUT2D eigenvalue weighted by atomic mass is 32.1. The van der Waals surface area contributed by atoms with Crippen LogP contribution >= 0.6 is 11.3 Å². The lowest BCUT2D eigenvalue weighted by Gasteiger charge is -2.23. The number of carbonyl (C=O) groups is 2. The van der Waals surface area contributed by atoms with Crippen molar-refractivity contribution in [2.45, 2.75) is 53.0 Å². The molecule has 1 aromatic heterocycles. The number of thiazole rings is 1. The molecule has 5 rings (SSSR count). The highest BCUT2D eigenvalue weighted by Gasteiger charge is 2.48. The molecule has 0 radical (unpaired) electrons. The third-order valence-corrected chi connectivity index (χ3v) is 7.99. The summed E-state index contributed by atoms with van der Waals surface area (Å²) in [7, 11) is 0. The average molecular weight is 541 g/mol. The predicted octanol–water partition coefficient (Wildman–Crippen LogP) is 7.42. The van der Waals surface area contributed by atoms with Gasteiger partial charge in [-0.15, -0.1) is 0 Å². The first-order chi connectivity index (χ1) is 18.8. The summed E-state index contributed by atoms with van der Waals surface area (Å²) >= 11 is 1.37. The molecule has 1 aliphatic rings. The molecule has 0 spiro atoms. The molecule has 1 atom stereocenters. The monoisotopic (exact) mass is 540 g/mol. The number of aryl methyl sites for hydroxylation is 3. The first-order valence-corrected chi connectivity index (χ1v) is 14.1. The van der Waals surface area contributed by atoms with E-state index in [1.165, 1.54) is 16.2 Å². The molecule has 1 unspecified atom stereocenters. The van der Waals surface area contributed by atoms with Gasteiger partial charge in [-0.3, -0.25) is 14.5 Å². The van der Waals surface area contributed by atoms with E-state index >= 15 is 0 Å². The summed E-state index contributed by atoms with van der Waals surface area (Å²) in [6.45, 7) is 8.68. The molecule has 0 saturated carbocycles. The van der Waals surface area contributed by atoms with Crippen LogP contribution < -0.4 is 9.64 Å². The summed E-state index contributed by atoms with van der Waals surface area (Å²) in [6.07, 6.45) is 3.11.